The van der Waals surface area contributed by atoms with E-state index >= 15 is 0 Å². The fourth-order valence-corrected chi connectivity index (χ4v) is 4.74. The van der Waals surface area contributed by atoms with Crippen molar-refractivity contribution in [3.63, 3.8) is 0 Å². The van der Waals surface area contributed by atoms with Gasteiger partial charge in [-0.2, -0.15) is 0 Å². The molecule has 4 rings (SSSR count). The van der Waals surface area contributed by atoms with Gasteiger partial charge in [-0.15, -0.1) is 0 Å². The summed E-state index contributed by atoms with van der Waals surface area (Å²) in [5.74, 6) is -0.242. The number of hydrogen-bond acceptors (Lipinski definition) is 2. The van der Waals surface area contributed by atoms with Gasteiger partial charge in [0.25, 0.3) is 5.91 Å². The Bertz CT molecular complexity index is 796. The van der Waals surface area contributed by atoms with Crippen molar-refractivity contribution in [2.75, 3.05) is 0 Å². The molecule has 0 aromatic heterocycles. The Labute approximate surface area is 164 Å². The molecule has 2 fully saturated rings. The lowest BCUT2D eigenvalue weighted by Crippen LogP contribution is -2.56. The van der Waals surface area contributed by atoms with Crippen LogP contribution >= 0.6 is 11.6 Å². The molecular formula is C22H24ClFN2O. The number of amides is 1. The highest BCUT2D eigenvalue weighted by molar-refractivity contribution is 6.30. The average molecular weight is 387 g/mol. The molecule has 2 aromatic rings. The lowest BCUT2D eigenvalue weighted by atomic mass is 9.81. The van der Waals surface area contributed by atoms with E-state index < -0.39 is 0 Å². The molecule has 2 aromatic carbocycles. The summed E-state index contributed by atoms with van der Waals surface area (Å²) < 4.78 is 13.2. The second-order valence-electron chi connectivity index (χ2n) is 7.69. The maximum absolute atomic E-state index is 13.2. The monoisotopic (exact) mass is 386 g/mol. The van der Waals surface area contributed by atoms with Gasteiger partial charge in [0, 0.05) is 35.3 Å². The molecule has 27 heavy (non-hydrogen) atoms. The second kappa shape index (κ2) is 7.99. The minimum Gasteiger partial charge on any atom is -0.349 e. The largest absolute Gasteiger partial charge is 0.349 e. The van der Waals surface area contributed by atoms with Crippen LogP contribution in [0, 0.1) is 5.82 Å². The normalized spacial score (nSPS) is 25.2. The molecule has 2 atom stereocenters. The Kier molecular flexibility index (Phi) is 5.46. The van der Waals surface area contributed by atoms with Crippen LogP contribution in [0.1, 0.15) is 48.0 Å². The molecule has 2 heterocycles. The molecule has 2 aliphatic rings. The van der Waals surface area contributed by atoms with Gasteiger partial charge in [0.1, 0.15) is 5.82 Å². The van der Waals surface area contributed by atoms with E-state index in [-0.39, 0.29) is 17.8 Å². The van der Waals surface area contributed by atoms with Crippen LogP contribution in [0.25, 0.3) is 0 Å². The van der Waals surface area contributed by atoms with Crippen LogP contribution in [0.2, 0.25) is 5.02 Å². The number of carbonyl (C=O) groups is 1. The molecule has 2 bridgehead atoms. The number of nitrogens with zero attached hydrogens (tertiary/aromatic N) is 1. The van der Waals surface area contributed by atoms with E-state index in [1.807, 2.05) is 12.1 Å². The highest BCUT2D eigenvalue weighted by Crippen LogP contribution is 2.35. The summed E-state index contributed by atoms with van der Waals surface area (Å²) >= 11 is 6.01. The first-order chi connectivity index (χ1) is 13.1. The van der Waals surface area contributed by atoms with Crippen molar-refractivity contribution >= 4 is 17.5 Å². The van der Waals surface area contributed by atoms with Crippen LogP contribution < -0.4 is 5.32 Å². The summed E-state index contributed by atoms with van der Waals surface area (Å²) in [6.45, 7) is 0.852. The minimum atomic E-state index is -0.193. The quantitative estimate of drug-likeness (QED) is 0.818. The Hall–Kier alpha value is -1.91. The molecule has 0 radical (unpaired) electrons. The van der Waals surface area contributed by atoms with Gasteiger partial charge >= 0.3 is 0 Å². The van der Waals surface area contributed by atoms with Gasteiger partial charge in [-0.1, -0.05) is 36.2 Å². The molecule has 2 saturated heterocycles. The number of fused-ring (bicyclic) bond motifs is 2. The summed E-state index contributed by atoms with van der Waals surface area (Å²) in [4.78, 5) is 15.1. The molecule has 3 nitrogen and oxygen atoms in total. The third-order valence-electron chi connectivity index (χ3n) is 5.83. The van der Waals surface area contributed by atoms with Crippen molar-refractivity contribution in [3.8, 4) is 0 Å². The van der Waals surface area contributed by atoms with Crippen LogP contribution in [-0.4, -0.2) is 28.9 Å². The molecule has 1 amide bonds. The lowest BCUT2D eigenvalue weighted by molar-refractivity contribution is 0.0177. The van der Waals surface area contributed by atoms with Gasteiger partial charge in [-0.05, 0) is 61.6 Å². The average Bonchev–Trinajstić information content (AvgIpc) is 2.64. The summed E-state index contributed by atoms with van der Waals surface area (Å²) in [6.07, 6.45) is 5.47. The highest BCUT2D eigenvalue weighted by Gasteiger charge is 2.38. The molecule has 0 spiro atoms. The SMILES string of the molecule is O=C(NC1C[C@@H]2CCC[C@@H](C1)N2Cc1ccc(F)cc1)c1cccc(Cl)c1. The predicted molar refractivity (Wildman–Crippen MR) is 105 cm³/mol. The topological polar surface area (TPSA) is 32.3 Å². The van der Waals surface area contributed by atoms with Crippen molar-refractivity contribution in [1.29, 1.82) is 0 Å². The van der Waals surface area contributed by atoms with Crippen LogP contribution in [-0.2, 0) is 6.54 Å². The summed E-state index contributed by atoms with van der Waals surface area (Å²) in [6, 6.07) is 15.0. The van der Waals surface area contributed by atoms with E-state index in [0.717, 1.165) is 37.8 Å². The van der Waals surface area contributed by atoms with Crippen LogP contribution in [0.15, 0.2) is 48.5 Å². The first kappa shape index (κ1) is 18.5. The third kappa shape index (κ3) is 4.33. The van der Waals surface area contributed by atoms with Gasteiger partial charge in [0.2, 0.25) is 0 Å². The van der Waals surface area contributed by atoms with Gasteiger partial charge in [-0.25, -0.2) is 4.39 Å². The molecule has 2 aliphatic heterocycles. The highest BCUT2D eigenvalue weighted by atomic mass is 35.5. The molecule has 0 aliphatic carbocycles. The number of halogens is 2. The fraction of sp³-hybridized carbons (Fsp3) is 0.409. The van der Waals surface area contributed by atoms with E-state index in [2.05, 4.69) is 10.2 Å². The second-order valence-corrected chi connectivity index (χ2v) is 8.13. The molecule has 0 saturated carbocycles. The standard InChI is InChI=1S/C22H24ClFN2O/c23-17-4-1-3-16(11-17)22(27)25-19-12-20-5-2-6-21(13-19)26(20)14-15-7-9-18(24)10-8-15/h1,3-4,7-11,19-21H,2,5-6,12-14H2,(H,25,27)/t20-,21-/m0/s1. The predicted octanol–water partition coefficient (Wildman–Crippen LogP) is 4.79. The molecular weight excluding hydrogens is 363 g/mol. The van der Waals surface area contributed by atoms with E-state index in [0.29, 0.717) is 22.7 Å². The first-order valence-electron chi connectivity index (χ1n) is 9.65. The number of carbonyl (C=O) groups excluding carboxylic acids is 1. The fourth-order valence-electron chi connectivity index (χ4n) is 4.55. The van der Waals surface area contributed by atoms with Gasteiger partial charge in [0.15, 0.2) is 0 Å². The number of piperidine rings is 2. The molecule has 142 valence electrons. The Morgan fingerprint density at radius 2 is 1.81 bits per heavy atom. The number of nitrogens with one attached hydrogen (secondary N) is 1. The van der Waals surface area contributed by atoms with Crippen LogP contribution in [0.4, 0.5) is 4.39 Å². The maximum Gasteiger partial charge on any atom is 0.251 e. The first-order valence-corrected chi connectivity index (χ1v) is 10.0. The summed E-state index contributed by atoms with van der Waals surface area (Å²) in [5.41, 5.74) is 1.76. The zero-order chi connectivity index (χ0) is 18.8. The van der Waals surface area contributed by atoms with Gasteiger partial charge in [0.05, 0.1) is 0 Å². The summed E-state index contributed by atoms with van der Waals surface area (Å²) in [5, 5.41) is 3.79. The van der Waals surface area contributed by atoms with Crippen molar-refractivity contribution in [1.82, 2.24) is 10.2 Å². The molecule has 1 N–H and O–H groups in total. The van der Waals surface area contributed by atoms with E-state index in [1.54, 1.807) is 24.3 Å². The Morgan fingerprint density at radius 1 is 1.11 bits per heavy atom. The maximum atomic E-state index is 13.2. The Morgan fingerprint density at radius 3 is 2.48 bits per heavy atom. The van der Waals surface area contributed by atoms with Crippen LogP contribution in [0.5, 0.6) is 0 Å². The van der Waals surface area contributed by atoms with Crippen LogP contribution in [0.3, 0.4) is 0 Å². The van der Waals surface area contributed by atoms with E-state index in [9.17, 15) is 9.18 Å². The van der Waals surface area contributed by atoms with Gasteiger partial charge in [-0.3, -0.25) is 9.69 Å². The number of hydrogen-bond donors (Lipinski definition) is 1. The van der Waals surface area contributed by atoms with Gasteiger partial charge < -0.3 is 5.32 Å². The van der Waals surface area contributed by atoms with E-state index in [1.165, 1.54) is 18.6 Å². The van der Waals surface area contributed by atoms with Crippen molar-refractivity contribution in [2.24, 2.45) is 0 Å². The number of benzene rings is 2. The molecule has 5 heteroatoms. The molecule has 0 unspecified atom stereocenters. The minimum absolute atomic E-state index is 0.0486. The van der Waals surface area contributed by atoms with E-state index in [4.69, 9.17) is 11.6 Å². The zero-order valence-corrected chi connectivity index (χ0v) is 16.0. The summed E-state index contributed by atoms with van der Waals surface area (Å²) in [7, 11) is 0. The lowest BCUT2D eigenvalue weighted by Gasteiger charge is -2.49. The Balaban J connectivity index is 1.41. The van der Waals surface area contributed by atoms with Crippen molar-refractivity contribution in [3.05, 3.63) is 70.5 Å². The number of rotatable bonds is 4. The smallest absolute Gasteiger partial charge is 0.251 e. The van der Waals surface area contributed by atoms with Crippen molar-refractivity contribution in [2.45, 2.75) is 56.8 Å². The zero-order valence-electron chi connectivity index (χ0n) is 15.2. The third-order valence-corrected chi connectivity index (χ3v) is 6.06. The van der Waals surface area contributed by atoms with Crippen molar-refractivity contribution < 1.29 is 9.18 Å².